The van der Waals surface area contributed by atoms with Crippen LogP contribution in [0.15, 0.2) is 11.6 Å². The second-order valence-corrected chi connectivity index (χ2v) is 12.1. The molecule has 1 aromatic rings. The summed E-state index contributed by atoms with van der Waals surface area (Å²) in [5.41, 5.74) is 0. The SMILES string of the molecule is O=C(Nc1nccs1)[C@H](CC1CCCCC1)N1CCN(S(=O)(=O)C2CCCC2)CC1=O. The molecule has 0 bridgehead atoms. The summed E-state index contributed by atoms with van der Waals surface area (Å²) in [7, 11) is -3.46. The molecule has 3 fully saturated rings. The van der Waals surface area contributed by atoms with Crippen LogP contribution >= 0.6 is 11.3 Å². The van der Waals surface area contributed by atoms with Gasteiger partial charge in [-0.05, 0) is 25.2 Å². The number of hydrogen-bond acceptors (Lipinski definition) is 6. The van der Waals surface area contributed by atoms with Crippen molar-refractivity contribution in [2.24, 2.45) is 5.92 Å². The number of amides is 2. The summed E-state index contributed by atoms with van der Waals surface area (Å²) in [5.74, 6) is -0.0854. The topological polar surface area (TPSA) is 99.7 Å². The van der Waals surface area contributed by atoms with Gasteiger partial charge in [-0.25, -0.2) is 13.4 Å². The van der Waals surface area contributed by atoms with Gasteiger partial charge in [-0.1, -0.05) is 44.9 Å². The Morgan fingerprint density at radius 1 is 1.13 bits per heavy atom. The second-order valence-electron chi connectivity index (χ2n) is 8.95. The maximum atomic E-state index is 13.1. The number of rotatable bonds is 7. The first-order chi connectivity index (χ1) is 14.9. The van der Waals surface area contributed by atoms with Crippen LogP contribution in [0.3, 0.4) is 0 Å². The van der Waals surface area contributed by atoms with Gasteiger partial charge in [0.05, 0.1) is 11.8 Å². The molecule has 3 aliphatic rings. The van der Waals surface area contributed by atoms with Crippen molar-refractivity contribution in [3.63, 3.8) is 0 Å². The lowest BCUT2D eigenvalue weighted by molar-refractivity contribution is -0.142. The predicted octanol–water partition coefficient (Wildman–Crippen LogP) is 2.84. The first-order valence-electron chi connectivity index (χ1n) is 11.4. The number of piperazine rings is 1. The summed E-state index contributed by atoms with van der Waals surface area (Å²) in [6.07, 6.45) is 11.2. The molecule has 2 heterocycles. The third-order valence-electron chi connectivity index (χ3n) is 6.93. The molecule has 31 heavy (non-hydrogen) atoms. The molecule has 1 atom stereocenters. The summed E-state index contributed by atoms with van der Waals surface area (Å²) in [4.78, 5) is 32.0. The molecular weight excluding hydrogens is 436 g/mol. The van der Waals surface area contributed by atoms with E-state index < -0.39 is 16.1 Å². The fourth-order valence-electron chi connectivity index (χ4n) is 5.20. The van der Waals surface area contributed by atoms with Crippen molar-refractivity contribution >= 4 is 38.3 Å². The van der Waals surface area contributed by atoms with E-state index in [0.717, 1.165) is 38.5 Å². The van der Waals surface area contributed by atoms with Gasteiger partial charge in [0.25, 0.3) is 0 Å². The third kappa shape index (κ3) is 5.28. The van der Waals surface area contributed by atoms with Gasteiger partial charge in [0.1, 0.15) is 6.04 Å². The molecule has 1 aliphatic heterocycles. The number of carbonyl (C=O) groups is 2. The number of nitrogens with one attached hydrogen (secondary N) is 1. The Morgan fingerprint density at radius 3 is 2.48 bits per heavy atom. The van der Waals surface area contributed by atoms with Crippen molar-refractivity contribution in [2.45, 2.75) is 75.5 Å². The smallest absolute Gasteiger partial charge is 0.248 e. The number of hydrogen-bond donors (Lipinski definition) is 1. The van der Waals surface area contributed by atoms with E-state index in [0.29, 0.717) is 30.3 Å². The van der Waals surface area contributed by atoms with Crippen LogP contribution in [-0.4, -0.2) is 65.3 Å². The Balaban J connectivity index is 1.46. The largest absolute Gasteiger partial charge is 0.328 e. The van der Waals surface area contributed by atoms with Crippen molar-refractivity contribution in [1.29, 1.82) is 0 Å². The highest BCUT2D eigenvalue weighted by molar-refractivity contribution is 7.89. The number of nitrogens with zero attached hydrogens (tertiary/aromatic N) is 3. The molecule has 172 valence electrons. The minimum atomic E-state index is -3.46. The van der Waals surface area contributed by atoms with Crippen molar-refractivity contribution in [2.75, 3.05) is 25.0 Å². The fourth-order valence-corrected chi connectivity index (χ4v) is 7.71. The van der Waals surface area contributed by atoms with E-state index in [-0.39, 0.29) is 36.7 Å². The van der Waals surface area contributed by atoms with Gasteiger partial charge < -0.3 is 10.2 Å². The van der Waals surface area contributed by atoms with Gasteiger partial charge >= 0.3 is 0 Å². The van der Waals surface area contributed by atoms with Crippen LogP contribution < -0.4 is 5.32 Å². The van der Waals surface area contributed by atoms with Crippen LogP contribution in [0.25, 0.3) is 0 Å². The third-order valence-corrected chi connectivity index (χ3v) is 9.96. The molecule has 4 rings (SSSR count). The van der Waals surface area contributed by atoms with Gasteiger partial charge in [-0.15, -0.1) is 11.3 Å². The van der Waals surface area contributed by atoms with E-state index in [2.05, 4.69) is 10.3 Å². The standard InChI is InChI=1S/C21H32N4O4S2/c26-19-15-24(31(28,29)17-8-4-5-9-17)11-12-25(19)18(14-16-6-2-1-3-7-16)20(27)23-21-22-10-13-30-21/h10,13,16-18H,1-9,11-12,14-15H2,(H,22,23,27)/t18-/m0/s1. The quantitative estimate of drug-likeness (QED) is 0.663. The van der Waals surface area contributed by atoms with E-state index in [1.807, 2.05) is 0 Å². The molecule has 1 N–H and O–H groups in total. The minimum absolute atomic E-state index is 0.162. The van der Waals surface area contributed by atoms with Gasteiger partial charge in [0, 0.05) is 24.7 Å². The average Bonchev–Trinajstić information content (AvgIpc) is 3.47. The zero-order chi connectivity index (χ0) is 21.8. The number of thiazole rings is 1. The Labute approximate surface area is 188 Å². The highest BCUT2D eigenvalue weighted by atomic mass is 32.2. The van der Waals surface area contributed by atoms with Gasteiger partial charge in [-0.3, -0.25) is 9.59 Å². The molecule has 0 aromatic carbocycles. The van der Waals surface area contributed by atoms with E-state index >= 15 is 0 Å². The van der Waals surface area contributed by atoms with Gasteiger partial charge in [0.2, 0.25) is 21.8 Å². The Morgan fingerprint density at radius 2 is 1.84 bits per heavy atom. The summed E-state index contributed by atoms with van der Waals surface area (Å²) >= 11 is 1.35. The van der Waals surface area contributed by atoms with Gasteiger partial charge in [0.15, 0.2) is 5.13 Å². The normalized spacial score (nSPS) is 23.2. The lowest BCUT2D eigenvalue weighted by Crippen LogP contribution is -2.59. The molecule has 2 amide bonds. The predicted molar refractivity (Wildman–Crippen MR) is 120 cm³/mol. The molecule has 0 spiro atoms. The first kappa shape index (κ1) is 22.7. The number of anilines is 1. The first-order valence-corrected chi connectivity index (χ1v) is 13.8. The maximum absolute atomic E-state index is 13.1. The van der Waals surface area contributed by atoms with Crippen LogP contribution in [0.5, 0.6) is 0 Å². The molecular formula is C21H32N4O4S2. The Kier molecular flexibility index (Phi) is 7.28. The van der Waals surface area contributed by atoms with Crippen molar-refractivity contribution in [3.05, 3.63) is 11.6 Å². The molecule has 2 aliphatic carbocycles. The van der Waals surface area contributed by atoms with E-state index in [9.17, 15) is 18.0 Å². The van der Waals surface area contributed by atoms with Crippen LogP contribution in [0, 0.1) is 5.92 Å². The number of aromatic nitrogens is 1. The summed E-state index contributed by atoms with van der Waals surface area (Å²) in [5, 5.41) is 4.81. The summed E-state index contributed by atoms with van der Waals surface area (Å²) in [6, 6.07) is -0.587. The highest BCUT2D eigenvalue weighted by Crippen LogP contribution is 2.31. The van der Waals surface area contributed by atoms with Crippen molar-refractivity contribution in [3.8, 4) is 0 Å². The molecule has 0 unspecified atom stereocenters. The molecule has 0 radical (unpaired) electrons. The van der Waals surface area contributed by atoms with Crippen molar-refractivity contribution in [1.82, 2.24) is 14.2 Å². The Bertz CT molecular complexity index is 862. The van der Waals surface area contributed by atoms with Crippen LogP contribution in [-0.2, 0) is 19.6 Å². The summed E-state index contributed by atoms with van der Waals surface area (Å²) in [6.45, 7) is 0.355. The molecule has 10 heteroatoms. The molecule has 1 aromatic heterocycles. The zero-order valence-electron chi connectivity index (χ0n) is 17.9. The van der Waals surface area contributed by atoms with Crippen molar-refractivity contribution < 1.29 is 18.0 Å². The minimum Gasteiger partial charge on any atom is -0.328 e. The van der Waals surface area contributed by atoms with Crippen LogP contribution in [0.2, 0.25) is 0 Å². The fraction of sp³-hybridized carbons (Fsp3) is 0.762. The second kappa shape index (κ2) is 9.95. The van der Waals surface area contributed by atoms with Gasteiger partial charge in [-0.2, -0.15) is 4.31 Å². The summed E-state index contributed by atoms with van der Waals surface area (Å²) < 4.78 is 27.2. The molecule has 8 nitrogen and oxygen atoms in total. The van der Waals surface area contributed by atoms with E-state index in [1.165, 1.54) is 22.1 Å². The van der Waals surface area contributed by atoms with E-state index in [4.69, 9.17) is 0 Å². The number of carbonyl (C=O) groups excluding carboxylic acids is 2. The zero-order valence-corrected chi connectivity index (χ0v) is 19.5. The highest BCUT2D eigenvalue weighted by Gasteiger charge is 2.41. The number of sulfonamides is 1. The lowest BCUT2D eigenvalue weighted by Gasteiger charge is -2.40. The maximum Gasteiger partial charge on any atom is 0.248 e. The monoisotopic (exact) mass is 468 g/mol. The average molecular weight is 469 g/mol. The molecule has 2 saturated carbocycles. The lowest BCUT2D eigenvalue weighted by atomic mass is 9.84. The van der Waals surface area contributed by atoms with Crippen LogP contribution in [0.4, 0.5) is 5.13 Å². The Hall–Kier alpha value is -1.52. The molecule has 1 saturated heterocycles. The van der Waals surface area contributed by atoms with E-state index in [1.54, 1.807) is 16.5 Å². The van der Waals surface area contributed by atoms with Crippen LogP contribution in [0.1, 0.15) is 64.2 Å².